The van der Waals surface area contributed by atoms with Crippen LogP contribution in [0.5, 0.6) is 0 Å². The Hall–Kier alpha value is -0.580. The number of nitrogens with one attached hydrogen (secondary N) is 1. The third kappa shape index (κ3) is 3.70. The van der Waals surface area contributed by atoms with Crippen LogP contribution >= 0.6 is 11.6 Å². The molecule has 0 bridgehead atoms. The molecule has 0 radical (unpaired) electrons. The maximum atomic E-state index is 12.2. The molecule has 1 aliphatic rings. The normalized spacial score (nSPS) is 17.7. The Morgan fingerprint density at radius 1 is 1.39 bits per heavy atom. The first-order chi connectivity index (χ1) is 8.52. The van der Waals surface area contributed by atoms with Crippen molar-refractivity contribution < 1.29 is 8.42 Å². The molecule has 1 fully saturated rings. The van der Waals surface area contributed by atoms with Gasteiger partial charge in [-0.2, -0.15) is 0 Å². The van der Waals surface area contributed by atoms with E-state index < -0.39 is 9.84 Å². The highest BCUT2D eigenvalue weighted by molar-refractivity contribution is 7.90. The lowest BCUT2D eigenvalue weighted by Gasteiger charge is -2.15. The highest BCUT2D eigenvalue weighted by atomic mass is 35.5. The summed E-state index contributed by atoms with van der Waals surface area (Å²) in [4.78, 5) is 0. The van der Waals surface area contributed by atoms with Crippen molar-refractivity contribution in [1.82, 2.24) is 5.32 Å². The van der Waals surface area contributed by atoms with Gasteiger partial charge in [-0.05, 0) is 37.4 Å². The predicted molar refractivity (Wildman–Crippen MR) is 74.5 cm³/mol. The summed E-state index contributed by atoms with van der Waals surface area (Å²) in [6, 6.07) is 7.19. The van der Waals surface area contributed by atoms with Crippen LogP contribution in [0.2, 0.25) is 5.02 Å². The van der Waals surface area contributed by atoms with E-state index in [0.29, 0.717) is 16.5 Å². The van der Waals surface area contributed by atoms with E-state index in [9.17, 15) is 8.42 Å². The molecule has 1 aromatic carbocycles. The Kier molecular flexibility index (Phi) is 4.30. The van der Waals surface area contributed by atoms with Gasteiger partial charge in [0.1, 0.15) is 0 Å². The Bertz CT molecular complexity index is 511. The predicted octanol–water partition coefficient (Wildman–Crippen LogP) is 2.25. The zero-order chi connectivity index (χ0) is 13.2. The molecule has 1 saturated carbocycles. The smallest absolute Gasteiger partial charge is 0.156 e. The highest BCUT2D eigenvalue weighted by Gasteiger charge is 2.33. The van der Waals surface area contributed by atoms with Gasteiger partial charge in [-0.25, -0.2) is 8.42 Å². The van der Waals surface area contributed by atoms with Gasteiger partial charge in [0, 0.05) is 11.1 Å². The number of sulfone groups is 1. The Labute approximate surface area is 113 Å². The van der Waals surface area contributed by atoms with Gasteiger partial charge in [0.2, 0.25) is 0 Å². The monoisotopic (exact) mass is 287 g/mol. The first-order valence-electron chi connectivity index (χ1n) is 6.13. The lowest BCUT2D eigenvalue weighted by atomic mass is 10.2. The van der Waals surface area contributed by atoms with Crippen LogP contribution in [0, 0.1) is 5.92 Å². The Balaban J connectivity index is 2.05. The fourth-order valence-electron chi connectivity index (χ4n) is 2.14. The zero-order valence-electron chi connectivity index (χ0n) is 10.4. The molecular weight excluding hydrogens is 270 g/mol. The number of rotatable bonds is 6. The fourth-order valence-corrected chi connectivity index (χ4v) is 4.25. The largest absolute Gasteiger partial charge is 0.316 e. The molecule has 0 saturated heterocycles. The van der Waals surface area contributed by atoms with Crippen LogP contribution in [-0.2, 0) is 15.6 Å². The molecule has 0 heterocycles. The summed E-state index contributed by atoms with van der Waals surface area (Å²) >= 11 is 6.00. The highest BCUT2D eigenvalue weighted by Crippen LogP contribution is 2.33. The molecular formula is C13H18ClNO2S. The van der Waals surface area contributed by atoms with E-state index in [4.69, 9.17) is 11.6 Å². The minimum absolute atomic E-state index is 0.0254. The van der Waals surface area contributed by atoms with Crippen molar-refractivity contribution in [2.45, 2.75) is 24.6 Å². The second-order valence-electron chi connectivity index (χ2n) is 4.88. The maximum absolute atomic E-state index is 12.2. The summed E-state index contributed by atoms with van der Waals surface area (Å²) < 4.78 is 24.3. The SMILES string of the molecule is CNC(CS(=O)(=O)Cc1ccccc1Cl)C1CC1. The van der Waals surface area contributed by atoms with Gasteiger partial charge in [-0.3, -0.25) is 0 Å². The first kappa shape index (κ1) is 13.8. The van der Waals surface area contributed by atoms with E-state index in [-0.39, 0.29) is 17.5 Å². The van der Waals surface area contributed by atoms with Crippen LogP contribution in [0.4, 0.5) is 0 Å². The van der Waals surface area contributed by atoms with E-state index in [1.807, 2.05) is 13.1 Å². The van der Waals surface area contributed by atoms with Gasteiger partial charge in [-0.15, -0.1) is 0 Å². The average Bonchev–Trinajstić information content (AvgIpc) is 3.13. The quantitative estimate of drug-likeness (QED) is 0.873. The second-order valence-corrected chi connectivity index (χ2v) is 7.39. The van der Waals surface area contributed by atoms with E-state index in [1.165, 1.54) is 0 Å². The molecule has 3 nitrogen and oxygen atoms in total. The van der Waals surface area contributed by atoms with Crippen molar-refractivity contribution in [3.63, 3.8) is 0 Å². The minimum atomic E-state index is -3.12. The lowest BCUT2D eigenvalue weighted by molar-refractivity contribution is 0.527. The number of hydrogen-bond acceptors (Lipinski definition) is 3. The molecule has 0 aromatic heterocycles. The molecule has 0 aliphatic heterocycles. The molecule has 1 N–H and O–H groups in total. The van der Waals surface area contributed by atoms with E-state index >= 15 is 0 Å². The molecule has 5 heteroatoms. The molecule has 1 atom stereocenters. The van der Waals surface area contributed by atoms with Crippen LogP contribution in [-0.4, -0.2) is 27.3 Å². The standard InChI is InChI=1S/C13H18ClNO2S/c1-15-13(10-6-7-10)9-18(16,17)8-11-4-2-3-5-12(11)14/h2-5,10,13,15H,6-9H2,1H3. The first-order valence-corrected chi connectivity index (χ1v) is 8.33. The van der Waals surface area contributed by atoms with Crippen molar-refractivity contribution in [3.8, 4) is 0 Å². The van der Waals surface area contributed by atoms with Crippen molar-refractivity contribution in [3.05, 3.63) is 34.9 Å². The summed E-state index contributed by atoms with van der Waals surface area (Å²) in [7, 11) is -1.29. The van der Waals surface area contributed by atoms with Crippen molar-refractivity contribution in [1.29, 1.82) is 0 Å². The molecule has 1 unspecified atom stereocenters. The lowest BCUT2D eigenvalue weighted by Crippen LogP contribution is -2.35. The van der Waals surface area contributed by atoms with Crippen LogP contribution in [0.3, 0.4) is 0 Å². The minimum Gasteiger partial charge on any atom is -0.316 e. The summed E-state index contributed by atoms with van der Waals surface area (Å²) in [6.45, 7) is 0. The molecule has 0 amide bonds. The maximum Gasteiger partial charge on any atom is 0.156 e. The second kappa shape index (κ2) is 5.59. The average molecular weight is 288 g/mol. The molecule has 100 valence electrons. The summed E-state index contributed by atoms with van der Waals surface area (Å²) in [5.74, 6) is 0.743. The molecule has 0 spiro atoms. The summed E-state index contributed by atoms with van der Waals surface area (Å²) in [6.07, 6.45) is 2.26. The van der Waals surface area contributed by atoms with Crippen LogP contribution in [0.1, 0.15) is 18.4 Å². The van der Waals surface area contributed by atoms with Crippen molar-refractivity contribution in [2.75, 3.05) is 12.8 Å². The van der Waals surface area contributed by atoms with Gasteiger partial charge in [0.25, 0.3) is 0 Å². The van der Waals surface area contributed by atoms with E-state index in [2.05, 4.69) is 5.32 Å². The van der Waals surface area contributed by atoms with Crippen LogP contribution in [0.25, 0.3) is 0 Å². The number of hydrogen-bond donors (Lipinski definition) is 1. The molecule has 18 heavy (non-hydrogen) atoms. The zero-order valence-corrected chi connectivity index (χ0v) is 12.0. The fraction of sp³-hybridized carbons (Fsp3) is 0.538. The topological polar surface area (TPSA) is 46.2 Å². The van der Waals surface area contributed by atoms with Gasteiger partial charge in [0.15, 0.2) is 9.84 Å². The van der Waals surface area contributed by atoms with E-state index in [0.717, 1.165) is 12.8 Å². The third-order valence-corrected chi connectivity index (χ3v) is 5.32. The number of benzene rings is 1. The molecule has 1 aliphatic carbocycles. The molecule has 1 aromatic rings. The van der Waals surface area contributed by atoms with Crippen LogP contribution in [0.15, 0.2) is 24.3 Å². The summed E-state index contributed by atoms with van der Waals surface area (Å²) in [5, 5.41) is 3.63. The molecule has 2 rings (SSSR count). The summed E-state index contributed by atoms with van der Waals surface area (Å²) in [5.41, 5.74) is 0.685. The Morgan fingerprint density at radius 2 is 2.06 bits per heavy atom. The van der Waals surface area contributed by atoms with E-state index in [1.54, 1.807) is 18.2 Å². The Morgan fingerprint density at radius 3 is 2.61 bits per heavy atom. The van der Waals surface area contributed by atoms with Gasteiger partial charge in [-0.1, -0.05) is 29.8 Å². The van der Waals surface area contributed by atoms with Gasteiger partial charge >= 0.3 is 0 Å². The van der Waals surface area contributed by atoms with Gasteiger partial charge in [0.05, 0.1) is 11.5 Å². The van der Waals surface area contributed by atoms with Crippen LogP contribution < -0.4 is 5.32 Å². The third-order valence-electron chi connectivity index (χ3n) is 3.33. The van der Waals surface area contributed by atoms with Crippen molar-refractivity contribution in [2.24, 2.45) is 5.92 Å². The van der Waals surface area contributed by atoms with Gasteiger partial charge < -0.3 is 5.32 Å². The van der Waals surface area contributed by atoms with Crippen molar-refractivity contribution >= 4 is 21.4 Å². The number of halogens is 1.